The number of aryl methyl sites for hydroxylation is 1. The number of nitrogens with zero attached hydrogens (tertiary/aromatic N) is 2. The number of benzene rings is 2. The summed E-state index contributed by atoms with van der Waals surface area (Å²) >= 11 is 1.27. The number of hydrogen-bond donors (Lipinski definition) is 3. The number of ether oxygens (including phenoxy) is 2. The average molecular weight is 470 g/mol. The fourth-order valence-corrected chi connectivity index (χ4v) is 3.82. The molecule has 1 heterocycles. The van der Waals surface area contributed by atoms with Crippen molar-refractivity contribution in [3.05, 3.63) is 48.0 Å². The maximum absolute atomic E-state index is 12.9. The van der Waals surface area contributed by atoms with E-state index in [4.69, 9.17) is 9.47 Å². The molecule has 3 amide bonds. The minimum atomic E-state index is -0.788. The van der Waals surface area contributed by atoms with Crippen LogP contribution in [-0.2, 0) is 4.79 Å². The van der Waals surface area contributed by atoms with Crippen molar-refractivity contribution in [1.82, 2.24) is 15.5 Å². The van der Waals surface area contributed by atoms with Gasteiger partial charge in [0, 0.05) is 29.4 Å². The van der Waals surface area contributed by atoms with Gasteiger partial charge in [0.05, 0.1) is 14.2 Å². The lowest BCUT2D eigenvalue weighted by Gasteiger charge is -2.21. The van der Waals surface area contributed by atoms with E-state index < -0.39 is 12.1 Å². The zero-order valence-electron chi connectivity index (χ0n) is 19.1. The second-order valence-electron chi connectivity index (χ2n) is 7.69. The minimum absolute atomic E-state index is 0.167. The molecule has 3 aromatic rings. The van der Waals surface area contributed by atoms with E-state index >= 15 is 0 Å². The molecule has 1 aromatic heterocycles. The molecule has 1 unspecified atom stereocenters. The van der Waals surface area contributed by atoms with Crippen LogP contribution in [0.1, 0.15) is 19.4 Å². The molecule has 0 fully saturated rings. The van der Waals surface area contributed by atoms with E-state index in [1.807, 2.05) is 45.0 Å². The van der Waals surface area contributed by atoms with Gasteiger partial charge in [0.25, 0.3) is 0 Å². The lowest BCUT2D eigenvalue weighted by Crippen LogP contribution is -2.48. The first-order valence-corrected chi connectivity index (χ1v) is 11.1. The second kappa shape index (κ2) is 10.8. The Balaban J connectivity index is 1.66. The molecule has 2 aromatic carbocycles. The van der Waals surface area contributed by atoms with Crippen molar-refractivity contribution in [1.29, 1.82) is 0 Å². The van der Waals surface area contributed by atoms with E-state index in [9.17, 15) is 9.59 Å². The number of methoxy groups -OCH3 is 2. The van der Waals surface area contributed by atoms with Crippen molar-refractivity contribution in [2.24, 2.45) is 5.92 Å². The van der Waals surface area contributed by atoms with E-state index in [1.54, 1.807) is 18.2 Å². The Bertz CT molecular complexity index is 1110. The van der Waals surface area contributed by atoms with Gasteiger partial charge in [-0.3, -0.25) is 10.1 Å². The Morgan fingerprint density at radius 2 is 1.67 bits per heavy atom. The van der Waals surface area contributed by atoms with Crippen molar-refractivity contribution in [2.75, 3.05) is 24.9 Å². The fraction of sp³-hybridized carbons (Fsp3) is 0.304. The van der Waals surface area contributed by atoms with Crippen LogP contribution < -0.4 is 25.4 Å². The second-order valence-corrected chi connectivity index (χ2v) is 8.67. The SMILES string of the molecule is COc1cc(NC(=O)NC(C(=O)Nc2nnc(-c3cccc(C)c3)s2)C(C)C)cc(OC)c1. The molecule has 10 heteroatoms. The molecule has 0 spiro atoms. The molecular formula is C23H27N5O4S. The molecule has 0 saturated heterocycles. The fourth-order valence-electron chi connectivity index (χ4n) is 3.07. The Labute approximate surface area is 196 Å². The van der Waals surface area contributed by atoms with Gasteiger partial charge in [-0.1, -0.05) is 48.9 Å². The first kappa shape index (κ1) is 24.0. The summed E-state index contributed by atoms with van der Waals surface area (Å²) in [5.74, 6) is 0.516. The maximum Gasteiger partial charge on any atom is 0.319 e. The highest BCUT2D eigenvalue weighted by Gasteiger charge is 2.25. The van der Waals surface area contributed by atoms with Crippen LogP contribution in [0.2, 0.25) is 0 Å². The molecule has 174 valence electrons. The Kier molecular flexibility index (Phi) is 7.83. The van der Waals surface area contributed by atoms with E-state index in [0.717, 1.165) is 11.1 Å². The lowest BCUT2D eigenvalue weighted by molar-refractivity contribution is -0.118. The van der Waals surface area contributed by atoms with Crippen molar-refractivity contribution in [3.8, 4) is 22.1 Å². The van der Waals surface area contributed by atoms with Gasteiger partial charge in [-0.2, -0.15) is 0 Å². The van der Waals surface area contributed by atoms with Crippen LogP contribution in [0.15, 0.2) is 42.5 Å². The standard InChI is InChI=1S/C23H27N5O4S/c1-13(2)19(25-22(30)24-16-10-17(31-4)12-18(11-16)32-5)20(29)26-23-28-27-21(33-23)15-8-6-7-14(3)9-15/h6-13,19H,1-5H3,(H2,24,25,30)(H,26,28,29). The number of urea groups is 1. The molecule has 3 N–H and O–H groups in total. The first-order valence-electron chi connectivity index (χ1n) is 10.3. The van der Waals surface area contributed by atoms with E-state index in [0.29, 0.717) is 27.3 Å². The topological polar surface area (TPSA) is 114 Å². The van der Waals surface area contributed by atoms with Crippen molar-refractivity contribution in [2.45, 2.75) is 26.8 Å². The van der Waals surface area contributed by atoms with Crippen LogP contribution >= 0.6 is 11.3 Å². The summed E-state index contributed by atoms with van der Waals surface area (Å²) in [6, 6.07) is 11.6. The van der Waals surface area contributed by atoms with Gasteiger partial charge in [-0.25, -0.2) is 4.79 Å². The predicted octanol–water partition coefficient (Wildman–Crippen LogP) is 4.32. The Morgan fingerprint density at radius 1 is 0.970 bits per heavy atom. The number of hydrogen-bond acceptors (Lipinski definition) is 7. The number of nitrogens with one attached hydrogen (secondary N) is 3. The highest BCUT2D eigenvalue weighted by atomic mass is 32.1. The number of aromatic nitrogens is 2. The van der Waals surface area contributed by atoms with E-state index in [-0.39, 0.29) is 11.8 Å². The summed E-state index contributed by atoms with van der Waals surface area (Å²) in [6.07, 6.45) is 0. The monoisotopic (exact) mass is 469 g/mol. The highest BCUT2D eigenvalue weighted by molar-refractivity contribution is 7.18. The number of carbonyl (C=O) groups excluding carboxylic acids is 2. The largest absolute Gasteiger partial charge is 0.497 e. The normalized spacial score (nSPS) is 11.6. The zero-order chi connectivity index (χ0) is 24.0. The summed E-state index contributed by atoms with van der Waals surface area (Å²) in [5, 5.41) is 17.5. The van der Waals surface area contributed by atoms with E-state index in [2.05, 4.69) is 26.1 Å². The third-order valence-corrected chi connectivity index (χ3v) is 5.65. The average Bonchev–Trinajstić information content (AvgIpc) is 3.25. The molecule has 0 aliphatic heterocycles. The summed E-state index contributed by atoms with van der Waals surface area (Å²) in [4.78, 5) is 25.5. The summed E-state index contributed by atoms with van der Waals surface area (Å²) in [6.45, 7) is 5.69. The van der Waals surface area contributed by atoms with Crippen LogP contribution in [0.4, 0.5) is 15.6 Å². The number of rotatable bonds is 8. The van der Waals surface area contributed by atoms with Crippen LogP contribution in [0.3, 0.4) is 0 Å². The number of carbonyl (C=O) groups is 2. The maximum atomic E-state index is 12.9. The van der Waals surface area contributed by atoms with Gasteiger partial charge in [0.2, 0.25) is 11.0 Å². The van der Waals surface area contributed by atoms with Gasteiger partial charge < -0.3 is 20.1 Å². The Morgan fingerprint density at radius 3 is 2.27 bits per heavy atom. The molecule has 0 bridgehead atoms. The predicted molar refractivity (Wildman–Crippen MR) is 129 cm³/mol. The van der Waals surface area contributed by atoms with Crippen LogP contribution in [-0.4, -0.2) is 42.4 Å². The summed E-state index contributed by atoms with van der Waals surface area (Å²) in [5.41, 5.74) is 2.51. The third-order valence-electron chi connectivity index (χ3n) is 4.77. The van der Waals surface area contributed by atoms with Crippen LogP contribution in [0.25, 0.3) is 10.6 Å². The molecule has 9 nitrogen and oxygen atoms in total. The van der Waals surface area contributed by atoms with Gasteiger partial charge >= 0.3 is 6.03 Å². The van der Waals surface area contributed by atoms with Crippen molar-refractivity contribution < 1.29 is 19.1 Å². The number of amides is 3. The molecule has 0 saturated carbocycles. The van der Waals surface area contributed by atoms with Gasteiger partial charge in [0.15, 0.2) is 0 Å². The minimum Gasteiger partial charge on any atom is -0.497 e. The molecule has 0 radical (unpaired) electrons. The first-order chi connectivity index (χ1) is 15.8. The summed E-state index contributed by atoms with van der Waals surface area (Å²) in [7, 11) is 3.05. The molecular weight excluding hydrogens is 442 g/mol. The lowest BCUT2D eigenvalue weighted by atomic mass is 10.0. The molecule has 1 atom stereocenters. The summed E-state index contributed by atoms with van der Waals surface area (Å²) < 4.78 is 10.4. The van der Waals surface area contributed by atoms with Gasteiger partial charge in [-0.05, 0) is 18.9 Å². The van der Waals surface area contributed by atoms with Crippen molar-refractivity contribution >= 4 is 34.1 Å². The van der Waals surface area contributed by atoms with Gasteiger partial charge in [0.1, 0.15) is 22.5 Å². The van der Waals surface area contributed by atoms with Gasteiger partial charge in [-0.15, -0.1) is 10.2 Å². The van der Waals surface area contributed by atoms with Crippen LogP contribution in [0, 0.1) is 12.8 Å². The number of anilines is 2. The quantitative estimate of drug-likeness (QED) is 0.453. The zero-order valence-corrected chi connectivity index (χ0v) is 19.9. The molecule has 0 aliphatic carbocycles. The van der Waals surface area contributed by atoms with Crippen LogP contribution in [0.5, 0.6) is 11.5 Å². The third kappa shape index (κ3) is 6.42. The molecule has 3 rings (SSSR count). The smallest absolute Gasteiger partial charge is 0.319 e. The highest BCUT2D eigenvalue weighted by Crippen LogP contribution is 2.27. The molecule has 33 heavy (non-hydrogen) atoms. The van der Waals surface area contributed by atoms with Crippen molar-refractivity contribution in [3.63, 3.8) is 0 Å². The molecule has 0 aliphatic rings. The van der Waals surface area contributed by atoms with E-state index in [1.165, 1.54) is 25.6 Å². The Hall–Kier alpha value is -3.66.